The fourth-order valence-corrected chi connectivity index (χ4v) is 8.62. The predicted octanol–water partition coefficient (Wildman–Crippen LogP) is 2.49. The lowest BCUT2D eigenvalue weighted by Gasteiger charge is -2.56. The molecular formula is C19H29NO3S. The Morgan fingerprint density at radius 3 is 2.00 bits per heavy atom. The number of rotatable bonds is 2. The first-order chi connectivity index (χ1) is 11.4. The molecule has 0 unspecified atom stereocenters. The molecule has 0 radical (unpaired) electrons. The largest absolute Gasteiger partial charge is 0.341 e. The summed E-state index contributed by atoms with van der Waals surface area (Å²) in [5.41, 5.74) is 0.130. The van der Waals surface area contributed by atoms with Crippen molar-refractivity contribution in [3.05, 3.63) is 0 Å². The van der Waals surface area contributed by atoms with E-state index in [0.29, 0.717) is 23.3 Å². The lowest BCUT2D eigenvalue weighted by molar-refractivity contribution is -0.148. The second-order valence-corrected chi connectivity index (χ2v) is 12.0. The van der Waals surface area contributed by atoms with Crippen LogP contribution in [0.5, 0.6) is 0 Å². The summed E-state index contributed by atoms with van der Waals surface area (Å²) in [5.74, 6) is 5.22. The van der Waals surface area contributed by atoms with Gasteiger partial charge in [-0.15, -0.1) is 0 Å². The molecule has 1 amide bonds. The Morgan fingerprint density at radius 1 is 0.917 bits per heavy atom. The standard InChI is InChI=1S/C19H29NO3S/c21-18(20-11-19(12-20)1-3-24(22,23)4-2-19)10-17-15-6-13-5-14(8-15)9-16(17)7-13/h13-17H,1-12H2. The van der Waals surface area contributed by atoms with Crippen molar-refractivity contribution in [2.24, 2.45) is 35.0 Å². The van der Waals surface area contributed by atoms with Gasteiger partial charge in [-0.3, -0.25) is 4.79 Å². The average molecular weight is 352 g/mol. The molecule has 4 aliphatic carbocycles. The third-order valence-corrected chi connectivity index (χ3v) is 9.78. The molecule has 6 rings (SSSR count). The van der Waals surface area contributed by atoms with Gasteiger partial charge < -0.3 is 4.90 Å². The van der Waals surface area contributed by atoms with Gasteiger partial charge in [-0.1, -0.05) is 0 Å². The van der Waals surface area contributed by atoms with Crippen LogP contribution in [-0.2, 0) is 14.6 Å². The van der Waals surface area contributed by atoms with Crippen LogP contribution in [0.15, 0.2) is 0 Å². The topological polar surface area (TPSA) is 54.5 Å². The van der Waals surface area contributed by atoms with Crippen molar-refractivity contribution in [3.63, 3.8) is 0 Å². The van der Waals surface area contributed by atoms with Crippen LogP contribution in [0.25, 0.3) is 0 Å². The number of carbonyl (C=O) groups is 1. The third kappa shape index (κ3) is 2.53. The van der Waals surface area contributed by atoms with Crippen LogP contribution in [0.1, 0.15) is 51.4 Å². The van der Waals surface area contributed by atoms with Crippen molar-refractivity contribution < 1.29 is 13.2 Å². The second kappa shape index (κ2) is 5.21. The van der Waals surface area contributed by atoms with Crippen LogP contribution < -0.4 is 0 Å². The molecule has 6 fully saturated rings. The number of carbonyl (C=O) groups excluding carboxylic acids is 1. The van der Waals surface area contributed by atoms with Crippen LogP contribution in [0.4, 0.5) is 0 Å². The molecule has 2 saturated heterocycles. The Morgan fingerprint density at radius 2 is 1.46 bits per heavy atom. The molecule has 134 valence electrons. The minimum atomic E-state index is -2.81. The van der Waals surface area contributed by atoms with Gasteiger partial charge in [0, 0.05) is 24.9 Å². The summed E-state index contributed by atoms with van der Waals surface area (Å²) in [6, 6.07) is 0. The van der Waals surface area contributed by atoms with Crippen LogP contribution in [0.3, 0.4) is 0 Å². The summed E-state index contributed by atoms with van der Waals surface area (Å²) in [6.45, 7) is 1.63. The zero-order valence-electron chi connectivity index (χ0n) is 14.5. The molecule has 2 heterocycles. The van der Waals surface area contributed by atoms with Gasteiger partial charge in [0.2, 0.25) is 5.91 Å². The van der Waals surface area contributed by atoms with Crippen LogP contribution in [0, 0.1) is 35.0 Å². The molecule has 0 aromatic rings. The van der Waals surface area contributed by atoms with Gasteiger partial charge in [-0.2, -0.15) is 0 Å². The van der Waals surface area contributed by atoms with Gasteiger partial charge in [-0.25, -0.2) is 8.42 Å². The highest BCUT2D eigenvalue weighted by molar-refractivity contribution is 7.91. The van der Waals surface area contributed by atoms with Crippen molar-refractivity contribution in [1.82, 2.24) is 4.90 Å². The number of amides is 1. The Balaban J connectivity index is 1.18. The minimum Gasteiger partial charge on any atom is -0.341 e. The highest BCUT2D eigenvalue weighted by Crippen LogP contribution is 2.57. The van der Waals surface area contributed by atoms with E-state index in [-0.39, 0.29) is 5.41 Å². The van der Waals surface area contributed by atoms with Crippen LogP contribution in [-0.4, -0.2) is 43.8 Å². The molecular weight excluding hydrogens is 322 g/mol. The van der Waals surface area contributed by atoms with E-state index in [1.807, 2.05) is 4.90 Å². The van der Waals surface area contributed by atoms with Crippen molar-refractivity contribution in [2.75, 3.05) is 24.6 Å². The fraction of sp³-hybridized carbons (Fsp3) is 0.947. The first-order valence-corrected chi connectivity index (χ1v) is 11.7. The van der Waals surface area contributed by atoms with E-state index in [1.54, 1.807) is 0 Å². The molecule has 24 heavy (non-hydrogen) atoms. The molecule has 0 aromatic heterocycles. The highest BCUT2D eigenvalue weighted by Gasteiger charge is 2.51. The summed E-state index contributed by atoms with van der Waals surface area (Å²) in [4.78, 5) is 14.8. The van der Waals surface area contributed by atoms with Crippen molar-refractivity contribution in [2.45, 2.75) is 51.4 Å². The monoisotopic (exact) mass is 351 g/mol. The Hall–Kier alpha value is -0.580. The molecule has 2 aliphatic heterocycles. The molecule has 0 atom stereocenters. The van der Waals surface area contributed by atoms with E-state index in [0.717, 1.165) is 56.0 Å². The lowest BCUT2D eigenvalue weighted by atomic mass is 9.51. The first-order valence-electron chi connectivity index (χ1n) is 9.90. The summed E-state index contributed by atoms with van der Waals surface area (Å²) < 4.78 is 23.2. The fourth-order valence-electron chi connectivity index (χ4n) is 6.93. The molecule has 4 bridgehead atoms. The Labute approximate surface area is 145 Å². The summed E-state index contributed by atoms with van der Waals surface area (Å²) in [5, 5.41) is 0. The molecule has 0 N–H and O–H groups in total. The van der Waals surface area contributed by atoms with Gasteiger partial charge in [0.25, 0.3) is 0 Å². The SMILES string of the molecule is O=C(CC1C2CC3CC(C2)CC1C3)N1CC2(CCS(=O)(=O)CC2)C1. The molecule has 6 aliphatic rings. The van der Waals surface area contributed by atoms with Crippen molar-refractivity contribution in [3.8, 4) is 0 Å². The van der Waals surface area contributed by atoms with E-state index in [9.17, 15) is 13.2 Å². The Bertz CT molecular complexity index is 606. The number of hydrogen-bond donors (Lipinski definition) is 0. The summed E-state index contributed by atoms with van der Waals surface area (Å²) >= 11 is 0. The van der Waals surface area contributed by atoms with Gasteiger partial charge in [0.1, 0.15) is 9.84 Å². The van der Waals surface area contributed by atoms with Crippen LogP contribution >= 0.6 is 0 Å². The lowest BCUT2D eigenvalue weighted by Crippen LogP contribution is -2.61. The predicted molar refractivity (Wildman–Crippen MR) is 92.1 cm³/mol. The molecule has 0 aromatic carbocycles. The smallest absolute Gasteiger partial charge is 0.222 e. The number of nitrogens with zero attached hydrogens (tertiary/aromatic N) is 1. The maximum atomic E-state index is 12.8. The number of likely N-dealkylation sites (tertiary alicyclic amines) is 1. The first kappa shape index (κ1) is 15.7. The normalized spacial score (nSPS) is 44.5. The van der Waals surface area contributed by atoms with Gasteiger partial charge in [-0.05, 0) is 74.5 Å². The quantitative estimate of drug-likeness (QED) is 0.768. The maximum absolute atomic E-state index is 12.8. The molecule has 4 saturated carbocycles. The molecule has 4 nitrogen and oxygen atoms in total. The zero-order valence-corrected chi connectivity index (χ0v) is 15.3. The molecule has 1 spiro atoms. The van der Waals surface area contributed by atoms with Gasteiger partial charge in [0.05, 0.1) is 11.5 Å². The maximum Gasteiger partial charge on any atom is 0.222 e. The van der Waals surface area contributed by atoms with E-state index in [1.165, 1.54) is 32.1 Å². The number of sulfone groups is 1. The van der Waals surface area contributed by atoms with Crippen LogP contribution in [0.2, 0.25) is 0 Å². The van der Waals surface area contributed by atoms with E-state index in [2.05, 4.69) is 0 Å². The highest BCUT2D eigenvalue weighted by atomic mass is 32.2. The van der Waals surface area contributed by atoms with Crippen molar-refractivity contribution >= 4 is 15.7 Å². The van der Waals surface area contributed by atoms with Gasteiger partial charge >= 0.3 is 0 Å². The zero-order chi connectivity index (χ0) is 16.5. The van der Waals surface area contributed by atoms with E-state index < -0.39 is 9.84 Å². The minimum absolute atomic E-state index is 0.130. The average Bonchev–Trinajstić information content (AvgIpc) is 2.48. The third-order valence-electron chi connectivity index (χ3n) is 8.12. The van der Waals surface area contributed by atoms with Gasteiger partial charge in [0.15, 0.2) is 0 Å². The second-order valence-electron chi connectivity index (χ2n) is 9.70. The van der Waals surface area contributed by atoms with E-state index in [4.69, 9.17) is 0 Å². The molecule has 5 heteroatoms. The number of hydrogen-bond acceptors (Lipinski definition) is 3. The summed E-state index contributed by atoms with van der Waals surface area (Å²) in [7, 11) is -2.81. The van der Waals surface area contributed by atoms with E-state index >= 15 is 0 Å². The Kier molecular flexibility index (Phi) is 3.40. The summed E-state index contributed by atoms with van der Waals surface area (Å²) in [6.07, 6.45) is 9.28. The van der Waals surface area contributed by atoms with Crippen molar-refractivity contribution in [1.29, 1.82) is 0 Å².